The van der Waals surface area contributed by atoms with E-state index < -0.39 is 4.92 Å². The highest BCUT2D eigenvalue weighted by Gasteiger charge is 2.33. The van der Waals surface area contributed by atoms with Gasteiger partial charge in [-0.05, 0) is 29.8 Å². The third-order valence-electron chi connectivity index (χ3n) is 3.24. The number of benzene rings is 2. The van der Waals surface area contributed by atoms with Crippen LogP contribution in [0.3, 0.4) is 0 Å². The summed E-state index contributed by atoms with van der Waals surface area (Å²) in [6.07, 6.45) is 1.59. The van der Waals surface area contributed by atoms with Crippen molar-refractivity contribution in [1.29, 1.82) is 0 Å². The van der Waals surface area contributed by atoms with E-state index in [-0.39, 0.29) is 11.6 Å². The van der Waals surface area contributed by atoms with E-state index >= 15 is 0 Å². The van der Waals surface area contributed by atoms with E-state index in [1.807, 2.05) is 0 Å². The molecule has 5 nitrogen and oxygen atoms in total. The molecule has 24 heavy (non-hydrogen) atoms. The van der Waals surface area contributed by atoms with Crippen molar-refractivity contribution in [2.75, 3.05) is 4.90 Å². The quantitative estimate of drug-likeness (QED) is 0.337. The molecule has 0 spiro atoms. The number of carbonyl (C=O) groups is 1. The van der Waals surface area contributed by atoms with Crippen LogP contribution >= 0.6 is 35.6 Å². The van der Waals surface area contributed by atoms with Gasteiger partial charge in [0.1, 0.15) is 0 Å². The number of nitro groups is 1. The van der Waals surface area contributed by atoms with E-state index in [2.05, 4.69) is 0 Å². The van der Waals surface area contributed by atoms with Crippen molar-refractivity contribution >= 4 is 63.3 Å². The zero-order valence-electron chi connectivity index (χ0n) is 12.0. The summed E-state index contributed by atoms with van der Waals surface area (Å²) in [6, 6.07) is 12.9. The van der Waals surface area contributed by atoms with Crippen LogP contribution in [0, 0.1) is 10.1 Å². The van der Waals surface area contributed by atoms with Crippen LogP contribution in [-0.4, -0.2) is 15.2 Å². The summed E-state index contributed by atoms with van der Waals surface area (Å²) in [6.45, 7) is 0. The summed E-state index contributed by atoms with van der Waals surface area (Å²) >= 11 is 12.4. The van der Waals surface area contributed by atoms with Gasteiger partial charge in [0.15, 0.2) is 4.32 Å². The van der Waals surface area contributed by atoms with Crippen molar-refractivity contribution in [3.8, 4) is 0 Å². The van der Waals surface area contributed by atoms with Crippen molar-refractivity contribution in [3.63, 3.8) is 0 Å². The van der Waals surface area contributed by atoms with Crippen LogP contribution in [0.25, 0.3) is 6.08 Å². The first kappa shape index (κ1) is 16.6. The van der Waals surface area contributed by atoms with Gasteiger partial charge in [-0.2, -0.15) is 0 Å². The largest absolute Gasteiger partial charge is 0.270 e. The molecule has 1 aliphatic heterocycles. The lowest BCUT2D eigenvalue weighted by Gasteiger charge is -2.14. The van der Waals surface area contributed by atoms with E-state index in [0.29, 0.717) is 25.5 Å². The van der Waals surface area contributed by atoms with Crippen molar-refractivity contribution in [2.45, 2.75) is 0 Å². The zero-order chi connectivity index (χ0) is 17.3. The molecule has 2 aromatic rings. The molecule has 3 rings (SSSR count). The number of nitrogens with zero attached hydrogens (tertiary/aromatic N) is 2. The van der Waals surface area contributed by atoms with Crippen LogP contribution in [0.15, 0.2) is 53.4 Å². The Hall–Kier alpha value is -2.22. The van der Waals surface area contributed by atoms with Gasteiger partial charge in [0.2, 0.25) is 0 Å². The lowest BCUT2D eigenvalue weighted by molar-refractivity contribution is -0.384. The maximum atomic E-state index is 12.6. The summed E-state index contributed by atoms with van der Waals surface area (Å²) in [7, 11) is 0. The number of nitro benzene ring substituents is 1. The molecule has 120 valence electrons. The standard InChI is InChI=1S/C16H9ClN2O3S2/c17-11-4-2-5-12(9-11)18-15(20)14(24-16(18)23)8-10-3-1-6-13(7-10)19(21)22/h1-9H. The molecule has 0 aliphatic carbocycles. The van der Waals surface area contributed by atoms with Crippen molar-refractivity contribution in [3.05, 3.63) is 74.1 Å². The van der Waals surface area contributed by atoms with Gasteiger partial charge in [-0.3, -0.25) is 19.8 Å². The molecular weight excluding hydrogens is 368 g/mol. The zero-order valence-corrected chi connectivity index (χ0v) is 14.4. The van der Waals surface area contributed by atoms with Gasteiger partial charge in [0.25, 0.3) is 11.6 Å². The van der Waals surface area contributed by atoms with E-state index in [1.165, 1.54) is 17.0 Å². The van der Waals surface area contributed by atoms with Crippen LogP contribution < -0.4 is 4.90 Å². The number of halogens is 1. The van der Waals surface area contributed by atoms with Crippen molar-refractivity contribution in [1.82, 2.24) is 0 Å². The smallest absolute Gasteiger partial charge is 0.268 e. The molecule has 0 atom stereocenters. The summed E-state index contributed by atoms with van der Waals surface area (Å²) in [5.41, 5.74) is 1.12. The number of hydrogen-bond acceptors (Lipinski definition) is 5. The van der Waals surface area contributed by atoms with Gasteiger partial charge in [0.05, 0.1) is 15.5 Å². The summed E-state index contributed by atoms with van der Waals surface area (Å²) in [5.74, 6) is -0.279. The SMILES string of the molecule is O=C1C(=Cc2cccc([N+](=O)[O-])c2)SC(=S)N1c1cccc(Cl)c1. The Labute approximate surface area is 152 Å². The second-order valence-corrected chi connectivity index (χ2v) is 6.96. The first-order valence-corrected chi connectivity index (χ1v) is 8.34. The Morgan fingerprint density at radius 2 is 1.96 bits per heavy atom. The van der Waals surface area contributed by atoms with E-state index in [9.17, 15) is 14.9 Å². The van der Waals surface area contributed by atoms with Crippen molar-refractivity contribution in [2.24, 2.45) is 0 Å². The Morgan fingerprint density at radius 1 is 1.21 bits per heavy atom. The predicted octanol–water partition coefficient (Wildman–Crippen LogP) is 4.65. The maximum absolute atomic E-state index is 12.6. The molecule has 0 N–H and O–H groups in total. The number of non-ortho nitro benzene ring substituents is 1. The molecule has 0 aromatic heterocycles. The van der Waals surface area contributed by atoms with Gasteiger partial charge in [-0.25, -0.2) is 0 Å². The molecule has 8 heteroatoms. The predicted molar refractivity (Wildman–Crippen MR) is 100 cm³/mol. The number of anilines is 1. The Morgan fingerprint density at radius 3 is 2.67 bits per heavy atom. The van der Waals surface area contributed by atoms with E-state index in [0.717, 1.165) is 11.8 Å². The fourth-order valence-electron chi connectivity index (χ4n) is 2.19. The third-order valence-corrected chi connectivity index (χ3v) is 4.78. The summed E-state index contributed by atoms with van der Waals surface area (Å²) < 4.78 is 0.388. The fraction of sp³-hybridized carbons (Fsp3) is 0. The minimum absolute atomic E-state index is 0.0333. The van der Waals surface area contributed by atoms with Crippen LogP contribution in [0.2, 0.25) is 5.02 Å². The first-order chi connectivity index (χ1) is 11.5. The highest BCUT2D eigenvalue weighted by molar-refractivity contribution is 8.27. The average Bonchev–Trinajstić information content (AvgIpc) is 2.81. The molecule has 0 bridgehead atoms. The molecule has 1 heterocycles. The molecule has 2 aromatic carbocycles. The van der Waals surface area contributed by atoms with Gasteiger partial charge in [-0.1, -0.05) is 53.8 Å². The van der Waals surface area contributed by atoms with Gasteiger partial charge >= 0.3 is 0 Å². The number of carbonyl (C=O) groups excluding carboxylic acids is 1. The first-order valence-electron chi connectivity index (χ1n) is 6.74. The number of amides is 1. The summed E-state index contributed by atoms with van der Waals surface area (Å²) in [5, 5.41) is 11.4. The molecule has 0 unspecified atom stereocenters. The number of thiocarbonyl (C=S) groups is 1. The number of hydrogen-bond donors (Lipinski definition) is 0. The van der Waals surface area contributed by atoms with Crippen LogP contribution in [-0.2, 0) is 4.79 Å². The van der Waals surface area contributed by atoms with Crippen LogP contribution in [0.5, 0.6) is 0 Å². The average molecular weight is 377 g/mol. The fourth-order valence-corrected chi connectivity index (χ4v) is 3.67. The topological polar surface area (TPSA) is 63.4 Å². The highest BCUT2D eigenvalue weighted by Crippen LogP contribution is 2.36. The number of rotatable bonds is 3. The monoisotopic (exact) mass is 376 g/mol. The van der Waals surface area contributed by atoms with Gasteiger partial charge in [-0.15, -0.1) is 0 Å². The minimum atomic E-state index is -0.478. The molecule has 1 aliphatic rings. The van der Waals surface area contributed by atoms with E-state index in [4.69, 9.17) is 23.8 Å². The second-order valence-electron chi connectivity index (χ2n) is 4.85. The molecule has 1 saturated heterocycles. The Bertz CT molecular complexity index is 898. The highest BCUT2D eigenvalue weighted by atomic mass is 35.5. The Balaban J connectivity index is 1.94. The molecular formula is C16H9ClN2O3S2. The normalized spacial score (nSPS) is 16.0. The molecule has 0 radical (unpaired) electrons. The van der Waals surface area contributed by atoms with Crippen LogP contribution in [0.4, 0.5) is 11.4 Å². The molecule has 0 saturated carbocycles. The third kappa shape index (κ3) is 3.33. The van der Waals surface area contributed by atoms with Gasteiger partial charge < -0.3 is 0 Å². The lowest BCUT2D eigenvalue weighted by Crippen LogP contribution is -2.27. The minimum Gasteiger partial charge on any atom is -0.268 e. The van der Waals surface area contributed by atoms with E-state index in [1.54, 1.807) is 42.5 Å². The van der Waals surface area contributed by atoms with Crippen molar-refractivity contribution < 1.29 is 9.72 Å². The number of thioether (sulfide) groups is 1. The second kappa shape index (κ2) is 6.72. The molecule has 1 amide bonds. The van der Waals surface area contributed by atoms with Crippen LogP contribution in [0.1, 0.15) is 5.56 Å². The summed E-state index contributed by atoms with van der Waals surface area (Å²) in [4.78, 5) is 24.8. The maximum Gasteiger partial charge on any atom is 0.270 e. The molecule has 1 fully saturated rings. The van der Waals surface area contributed by atoms with Gasteiger partial charge in [0, 0.05) is 17.2 Å². The Kier molecular flexibility index (Phi) is 4.66. The lowest BCUT2D eigenvalue weighted by atomic mass is 10.2.